The summed E-state index contributed by atoms with van der Waals surface area (Å²) in [5.41, 5.74) is 0. The van der Waals surface area contributed by atoms with E-state index >= 15 is 0 Å². The number of rotatable bonds is 9. The van der Waals surface area contributed by atoms with Gasteiger partial charge in [0.05, 0.1) is 13.2 Å². The molecule has 0 aliphatic heterocycles. The topological polar surface area (TPSA) is 87.7 Å². The van der Waals surface area contributed by atoms with E-state index in [1.807, 2.05) is 13.8 Å². The number of aliphatic carboxylic acids is 1. The van der Waals surface area contributed by atoms with E-state index in [-0.39, 0.29) is 18.4 Å². The molecule has 100 valence electrons. The molecule has 0 rings (SSSR count). The minimum atomic E-state index is -0.996. The molecule has 0 saturated carbocycles. The van der Waals surface area contributed by atoms with Gasteiger partial charge in [-0.05, 0) is 12.3 Å². The van der Waals surface area contributed by atoms with Gasteiger partial charge in [-0.2, -0.15) is 0 Å². The van der Waals surface area contributed by atoms with Crippen LogP contribution in [0.3, 0.4) is 0 Å². The number of carbonyl (C=O) groups excluding carboxylic acids is 1. The van der Waals surface area contributed by atoms with Gasteiger partial charge in [0.1, 0.15) is 6.04 Å². The van der Waals surface area contributed by atoms with E-state index in [0.29, 0.717) is 19.6 Å². The summed E-state index contributed by atoms with van der Waals surface area (Å²) < 4.78 is 4.81. The van der Waals surface area contributed by atoms with Gasteiger partial charge in [0.15, 0.2) is 0 Å². The van der Waals surface area contributed by atoms with Crippen LogP contribution in [0.2, 0.25) is 0 Å². The number of hydrogen-bond acceptors (Lipinski definition) is 4. The molecule has 6 heteroatoms. The first kappa shape index (κ1) is 15.9. The largest absolute Gasteiger partial charge is 0.480 e. The van der Waals surface area contributed by atoms with E-state index in [2.05, 4.69) is 10.6 Å². The van der Waals surface area contributed by atoms with Crippen molar-refractivity contribution in [2.75, 3.05) is 26.8 Å². The van der Waals surface area contributed by atoms with Gasteiger partial charge in [0.25, 0.3) is 0 Å². The molecule has 6 nitrogen and oxygen atoms in total. The molecule has 3 N–H and O–H groups in total. The summed E-state index contributed by atoms with van der Waals surface area (Å²) in [6.45, 7) is 5.01. The van der Waals surface area contributed by atoms with Crippen LogP contribution in [0.25, 0.3) is 0 Å². The molecule has 0 fully saturated rings. The lowest BCUT2D eigenvalue weighted by Crippen LogP contribution is -2.45. The van der Waals surface area contributed by atoms with Crippen molar-refractivity contribution in [3.8, 4) is 0 Å². The molecule has 1 atom stereocenters. The van der Waals surface area contributed by atoms with Gasteiger partial charge < -0.3 is 20.5 Å². The van der Waals surface area contributed by atoms with Crippen molar-refractivity contribution in [3.63, 3.8) is 0 Å². The average molecular weight is 246 g/mol. The Morgan fingerprint density at radius 3 is 2.47 bits per heavy atom. The zero-order chi connectivity index (χ0) is 13.3. The Kier molecular flexibility index (Phi) is 8.35. The quantitative estimate of drug-likeness (QED) is 0.492. The highest BCUT2D eigenvalue weighted by Gasteiger charge is 2.20. The Morgan fingerprint density at radius 2 is 2.00 bits per heavy atom. The van der Waals surface area contributed by atoms with Crippen molar-refractivity contribution in [3.05, 3.63) is 0 Å². The molecular formula is C11H22N2O4. The Balaban J connectivity index is 3.91. The van der Waals surface area contributed by atoms with Crippen LogP contribution in [0.15, 0.2) is 0 Å². The zero-order valence-corrected chi connectivity index (χ0v) is 10.7. The number of ether oxygens (including phenoxy) is 1. The monoisotopic (exact) mass is 246 g/mol. The molecule has 0 radical (unpaired) electrons. The van der Waals surface area contributed by atoms with Crippen molar-refractivity contribution in [1.29, 1.82) is 0 Å². The molecule has 1 amide bonds. The summed E-state index contributed by atoms with van der Waals surface area (Å²) in [7, 11) is 1.57. The smallest absolute Gasteiger partial charge is 0.326 e. The molecule has 0 bridgehead atoms. The van der Waals surface area contributed by atoms with Crippen LogP contribution in [0.1, 0.15) is 20.3 Å². The summed E-state index contributed by atoms with van der Waals surface area (Å²) in [6, 6.07) is -0.813. The van der Waals surface area contributed by atoms with E-state index in [1.165, 1.54) is 0 Å². The predicted octanol–water partition coefficient (Wildman–Crippen LogP) is -0.162. The van der Waals surface area contributed by atoms with Crippen molar-refractivity contribution in [1.82, 2.24) is 10.6 Å². The molecule has 17 heavy (non-hydrogen) atoms. The third kappa shape index (κ3) is 8.65. The first-order valence-corrected chi connectivity index (χ1v) is 5.69. The number of hydrogen-bond donors (Lipinski definition) is 3. The number of carboxylic acid groups (broad SMARTS) is 1. The molecule has 0 heterocycles. The molecule has 0 saturated heterocycles. The maximum absolute atomic E-state index is 11.4. The fourth-order valence-corrected chi connectivity index (χ4v) is 1.31. The van der Waals surface area contributed by atoms with Crippen LogP contribution in [0.5, 0.6) is 0 Å². The Hall–Kier alpha value is -1.14. The Bertz CT molecular complexity index is 244. The minimum Gasteiger partial charge on any atom is -0.480 e. The van der Waals surface area contributed by atoms with E-state index in [0.717, 1.165) is 0 Å². The average Bonchev–Trinajstić information content (AvgIpc) is 2.22. The lowest BCUT2D eigenvalue weighted by Gasteiger charge is -2.16. The van der Waals surface area contributed by atoms with Crippen LogP contribution in [0, 0.1) is 5.92 Å². The molecule has 0 aliphatic rings. The molecule has 0 aliphatic carbocycles. The SMILES string of the molecule is COCCNCC(=O)NC(CC(C)C)C(=O)O. The number of methoxy groups -OCH3 is 1. The van der Waals surface area contributed by atoms with Gasteiger partial charge in [0.2, 0.25) is 5.91 Å². The van der Waals surface area contributed by atoms with E-state index in [4.69, 9.17) is 9.84 Å². The van der Waals surface area contributed by atoms with Gasteiger partial charge in [-0.15, -0.1) is 0 Å². The van der Waals surface area contributed by atoms with E-state index < -0.39 is 12.0 Å². The first-order chi connectivity index (χ1) is 7.97. The Morgan fingerprint density at radius 1 is 1.35 bits per heavy atom. The van der Waals surface area contributed by atoms with Crippen molar-refractivity contribution < 1.29 is 19.4 Å². The maximum atomic E-state index is 11.4. The second kappa shape index (κ2) is 8.95. The summed E-state index contributed by atoms with van der Waals surface area (Å²) in [4.78, 5) is 22.3. The van der Waals surface area contributed by atoms with Gasteiger partial charge in [0, 0.05) is 13.7 Å². The highest BCUT2D eigenvalue weighted by atomic mass is 16.5. The van der Waals surface area contributed by atoms with Gasteiger partial charge in [-0.1, -0.05) is 13.8 Å². The lowest BCUT2D eigenvalue weighted by atomic mass is 10.0. The second-order valence-electron chi connectivity index (χ2n) is 4.26. The van der Waals surface area contributed by atoms with E-state index in [1.54, 1.807) is 7.11 Å². The number of carbonyl (C=O) groups is 2. The molecule has 0 aromatic rings. The number of amides is 1. The normalized spacial score (nSPS) is 12.5. The van der Waals surface area contributed by atoms with Crippen LogP contribution in [0.4, 0.5) is 0 Å². The van der Waals surface area contributed by atoms with Crippen molar-refractivity contribution >= 4 is 11.9 Å². The first-order valence-electron chi connectivity index (χ1n) is 5.69. The number of carboxylic acids is 1. The fourth-order valence-electron chi connectivity index (χ4n) is 1.31. The Labute approximate surface area is 102 Å². The summed E-state index contributed by atoms with van der Waals surface area (Å²) in [5.74, 6) is -1.09. The minimum absolute atomic E-state index is 0.102. The molecule has 0 spiro atoms. The molecule has 0 aromatic carbocycles. The third-order valence-corrected chi connectivity index (χ3v) is 2.11. The third-order valence-electron chi connectivity index (χ3n) is 2.11. The standard InChI is InChI=1S/C11H22N2O4/c1-8(2)6-9(11(15)16)13-10(14)7-12-4-5-17-3/h8-9,12H,4-7H2,1-3H3,(H,13,14)(H,15,16). The van der Waals surface area contributed by atoms with Gasteiger partial charge in [-0.25, -0.2) is 4.79 Å². The van der Waals surface area contributed by atoms with Gasteiger partial charge >= 0.3 is 5.97 Å². The highest BCUT2D eigenvalue weighted by Crippen LogP contribution is 2.04. The summed E-state index contributed by atoms with van der Waals surface area (Å²) in [5, 5.41) is 14.3. The van der Waals surface area contributed by atoms with Crippen LogP contribution in [-0.2, 0) is 14.3 Å². The zero-order valence-electron chi connectivity index (χ0n) is 10.7. The molecular weight excluding hydrogens is 224 g/mol. The summed E-state index contributed by atoms with van der Waals surface area (Å²) in [6.07, 6.45) is 0.430. The lowest BCUT2D eigenvalue weighted by molar-refractivity contribution is -0.142. The van der Waals surface area contributed by atoms with Crippen LogP contribution >= 0.6 is 0 Å². The fraction of sp³-hybridized carbons (Fsp3) is 0.818. The maximum Gasteiger partial charge on any atom is 0.326 e. The van der Waals surface area contributed by atoms with Gasteiger partial charge in [-0.3, -0.25) is 4.79 Å². The van der Waals surface area contributed by atoms with E-state index in [9.17, 15) is 9.59 Å². The molecule has 1 unspecified atom stereocenters. The highest BCUT2D eigenvalue weighted by molar-refractivity contribution is 5.84. The van der Waals surface area contributed by atoms with Crippen LogP contribution in [-0.4, -0.2) is 49.8 Å². The number of nitrogens with one attached hydrogen (secondary N) is 2. The second-order valence-corrected chi connectivity index (χ2v) is 4.26. The van der Waals surface area contributed by atoms with Crippen LogP contribution < -0.4 is 10.6 Å². The summed E-state index contributed by atoms with van der Waals surface area (Å²) >= 11 is 0. The van der Waals surface area contributed by atoms with Crippen molar-refractivity contribution in [2.45, 2.75) is 26.3 Å². The predicted molar refractivity (Wildman–Crippen MR) is 63.8 cm³/mol. The van der Waals surface area contributed by atoms with Crippen molar-refractivity contribution in [2.24, 2.45) is 5.92 Å². The molecule has 0 aromatic heterocycles.